The van der Waals surface area contributed by atoms with E-state index in [1.807, 2.05) is 24.3 Å². The van der Waals surface area contributed by atoms with Crippen LogP contribution in [0, 0.1) is 0 Å². The molecule has 0 radical (unpaired) electrons. The van der Waals surface area contributed by atoms with Crippen LogP contribution in [-0.2, 0) is 17.4 Å². The lowest BCUT2D eigenvalue weighted by molar-refractivity contribution is -0.137. The third-order valence-corrected chi connectivity index (χ3v) is 7.06. The van der Waals surface area contributed by atoms with E-state index in [0.29, 0.717) is 36.3 Å². The summed E-state index contributed by atoms with van der Waals surface area (Å²) in [6.07, 6.45) is -0.451. The van der Waals surface area contributed by atoms with Gasteiger partial charge in [0.05, 0.1) is 48.6 Å². The zero-order valence-electron chi connectivity index (χ0n) is 21.4. The van der Waals surface area contributed by atoms with Gasteiger partial charge in [-0.2, -0.15) is 13.2 Å². The molecule has 6 rings (SSSR count). The number of imide groups is 1. The van der Waals surface area contributed by atoms with E-state index in [-0.39, 0.29) is 12.2 Å². The van der Waals surface area contributed by atoms with Crippen molar-refractivity contribution in [3.63, 3.8) is 0 Å². The van der Waals surface area contributed by atoms with Crippen LogP contribution in [0.5, 0.6) is 11.5 Å². The van der Waals surface area contributed by atoms with Crippen molar-refractivity contribution < 1.29 is 32.2 Å². The minimum atomic E-state index is -4.63. The molecule has 2 aliphatic rings. The molecule has 3 amide bonds. The zero-order valence-corrected chi connectivity index (χ0v) is 21.4. The Morgan fingerprint density at radius 3 is 2.40 bits per heavy atom. The Balaban J connectivity index is 1.31. The van der Waals surface area contributed by atoms with Crippen molar-refractivity contribution in [2.75, 3.05) is 42.0 Å². The number of methoxy groups -OCH3 is 2. The number of carbonyl (C=O) groups is 2. The third-order valence-electron chi connectivity index (χ3n) is 7.06. The van der Waals surface area contributed by atoms with Gasteiger partial charge >= 0.3 is 12.2 Å². The fraction of sp³-hybridized carbons (Fsp3) is 0.214. The molecule has 0 bridgehead atoms. The number of amides is 3. The van der Waals surface area contributed by atoms with Crippen molar-refractivity contribution >= 4 is 45.6 Å². The molecule has 0 N–H and O–H groups in total. The van der Waals surface area contributed by atoms with E-state index >= 15 is 0 Å². The predicted octanol–water partition coefficient (Wildman–Crippen LogP) is 5.33. The molecule has 40 heavy (non-hydrogen) atoms. The van der Waals surface area contributed by atoms with Gasteiger partial charge < -0.3 is 14.4 Å². The van der Waals surface area contributed by atoms with E-state index in [9.17, 15) is 22.8 Å². The minimum absolute atomic E-state index is 0.0976. The van der Waals surface area contributed by atoms with Crippen LogP contribution < -0.4 is 24.2 Å². The first-order chi connectivity index (χ1) is 19.2. The first kappa shape index (κ1) is 25.4. The molecule has 0 unspecified atom stereocenters. The number of aromatic nitrogens is 2. The van der Waals surface area contributed by atoms with Gasteiger partial charge in [0.25, 0.3) is 5.91 Å². The number of alkyl halides is 3. The summed E-state index contributed by atoms with van der Waals surface area (Å²) in [6.45, 7) is 0.259. The van der Waals surface area contributed by atoms with Gasteiger partial charge in [-0.15, -0.1) is 0 Å². The number of halogens is 3. The molecule has 4 aromatic rings. The molecular formula is C28H22F3N5O4. The van der Waals surface area contributed by atoms with Gasteiger partial charge in [0.1, 0.15) is 6.54 Å². The Morgan fingerprint density at radius 1 is 0.875 bits per heavy atom. The van der Waals surface area contributed by atoms with Crippen LogP contribution in [-0.4, -0.2) is 49.2 Å². The Hall–Kier alpha value is -4.87. The van der Waals surface area contributed by atoms with Gasteiger partial charge in [-0.05, 0) is 48.4 Å². The van der Waals surface area contributed by atoms with Crippen molar-refractivity contribution in [1.29, 1.82) is 0 Å². The Kier molecular flexibility index (Phi) is 5.97. The van der Waals surface area contributed by atoms with Gasteiger partial charge in [-0.1, -0.05) is 0 Å². The summed E-state index contributed by atoms with van der Waals surface area (Å²) in [6, 6.07) is 10.9. The molecule has 1 saturated heterocycles. The second-order valence-corrected chi connectivity index (χ2v) is 9.30. The maximum absolute atomic E-state index is 13.2. The predicted molar refractivity (Wildman–Crippen MR) is 141 cm³/mol. The topological polar surface area (TPSA) is 88.1 Å². The van der Waals surface area contributed by atoms with Crippen LogP contribution >= 0.6 is 0 Å². The van der Waals surface area contributed by atoms with Crippen molar-refractivity contribution in [3.8, 4) is 11.5 Å². The smallest absolute Gasteiger partial charge is 0.417 e. The number of fused-ring (bicyclic) bond motifs is 2. The second kappa shape index (κ2) is 9.40. The molecule has 2 aromatic carbocycles. The number of pyridine rings is 2. The highest BCUT2D eigenvalue weighted by molar-refractivity contribution is 6.27. The fourth-order valence-electron chi connectivity index (χ4n) is 5.16. The maximum Gasteiger partial charge on any atom is 0.417 e. The zero-order chi connectivity index (χ0) is 28.2. The number of anilines is 4. The summed E-state index contributed by atoms with van der Waals surface area (Å²) in [5, 5.41) is 0.868. The van der Waals surface area contributed by atoms with Crippen molar-refractivity contribution in [3.05, 3.63) is 72.2 Å². The number of hydrogen-bond donors (Lipinski definition) is 0. The molecule has 0 saturated carbocycles. The number of ether oxygens (including phenoxy) is 2. The van der Waals surface area contributed by atoms with Crippen LogP contribution in [0.2, 0.25) is 0 Å². The quantitative estimate of drug-likeness (QED) is 0.311. The Labute approximate surface area is 226 Å². The van der Waals surface area contributed by atoms with E-state index in [0.717, 1.165) is 49.9 Å². The first-order valence-corrected chi connectivity index (χ1v) is 12.3. The molecule has 0 atom stereocenters. The van der Waals surface area contributed by atoms with Gasteiger partial charge in [0, 0.05) is 36.1 Å². The van der Waals surface area contributed by atoms with Gasteiger partial charge in [0.2, 0.25) is 0 Å². The lowest BCUT2D eigenvalue weighted by Gasteiger charge is -2.23. The Bertz CT molecular complexity index is 1680. The number of urea groups is 1. The molecule has 9 nitrogen and oxygen atoms in total. The molecule has 2 aromatic heterocycles. The number of nitrogens with zero attached hydrogens (tertiary/aromatic N) is 5. The minimum Gasteiger partial charge on any atom is -0.493 e. The first-order valence-electron chi connectivity index (χ1n) is 12.3. The lowest BCUT2D eigenvalue weighted by Crippen LogP contribution is -2.33. The third kappa shape index (κ3) is 4.12. The largest absolute Gasteiger partial charge is 0.493 e. The van der Waals surface area contributed by atoms with Crippen LogP contribution in [0.25, 0.3) is 10.9 Å². The van der Waals surface area contributed by atoms with E-state index in [2.05, 4.69) is 14.9 Å². The maximum atomic E-state index is 13.2. The summed E-state index contributed by atoms with van der Waals surface area (Å²) in [4.78, 5) is 38.3. The summed E-state index contributed by atoms with van der Waals surface area (Å²) < 4.78 is 50.4. The molecule has 12 heteroatoms. The normalized spacial score (nSPS) is 15.3. The number of carbonyl (C=O) groups excluding carboxylic acids is 2. The highest BCUT2D eigenvalue weighted by Gasteiger charge is 2.40. The highest BCUT2D eigenvalue weighted by Crippen LogP contribution is 2.42. The van der Waals surface area contributed by atoms with E-state index in [1.54, 1.807) is 32.5 Å². The standard InChI is InChI=1S/C28H22F3N5O4/c1-39-24-11-20-21(12-25(24)40-2)33-7-5-23(20)34-8-6-16-9-18(3-4-22(16)34)36-26(37)15-35(27(36)38)19-10-17(13-32-14-19)28(29,30)31/h3-5,7,9-14H,6,8,15H2,1-2H3. The van der Waals surface area contributed by atoms with Gasteiger partial charge in [-0.3, -0.25) is 19.7 Å². The average molecular weight is 550 g/mol. The van der Waals surface area contributed by atoms with Crippen molar-refractivity contribution in [1.82, 2.24) is 9.97 Å². The molecule has 0 aliphatic carbocycles. The molecule has 204 valence electrons. The highest BCUT2D eigenvalue weighted by atomic mass is 19.4. The second-order valence-electron chi connectivity index (χ2n) is 9.30. The number of benzene rings is 2. The summed E-state index contributed by atoms with van der Waals surface area (Å²) in [5.41, 5.74) is 2.73. The van der Waals surface area contributed by atoms with Crippen LogP contribution in [0.3, 0.4) is 0 Å². The molecule has 0 spiro atoms. The number of rotatable bonds is 5. The molecule has 2 aliphatic heterocycles. The van der Waals surface area contributed by atoms with Gasteiger partial charge in [-0.25, -0.2) is 9.69 Å². The molecule has 1 fully saturated rings. The van der Waals surface area contributed by atoms with E-state index in [1.165, 1.54) is 0 Å². The SMILES string of the molecule is COc1cc2nccc(N3CCc4cc(N5C(=O)CN(c6cncc(C(F)(F)F)c6)C5=O)ccc43)c2cc1OC. The van der Waals surface area contributed by atoms with Crippen LogP contribution in [0.15, 0.2) is 61.1 Å². The van der Waals surface area contributed by atoms with E-state index < -0.39 is 23.7 Å². The van der Waals surface area contributed by atoms with Crippen molar-refractivity contribution in [2.24, 2.45) is 0 Å². The average Bonchev–Trinajstić information content (AvgIpc) is 3.50. The fourth-order valence-corrected chi connectivity index (χ4v) is 5.16. The molecular weight excluding hydrogens is 527 g/mol. The van der Waals surface area contributed by atoms with Gasteiger partial charge in [0.15, 0.2) is 11.5 Å². The Morgan fingerprint density at radius 2 is 1.65 bits per heavy atom. The molecule has 4 heterocycles. The number of hydrogen-bond acceptors (Lipinski definition) is 7. The monoisotopic (exact) mass is 549 g/mol. The van der Waals surface area contributed by atoms with Crippen LogP contribution in [0.1, 0.15) is 11.1 Å². The summed E-state index contributed by atoms with van der Waals surface area (Å²) in [5.74, 6) is 0.602. The van der Waals surface area contributed by atoms with E-state index in [4.69, 9.17) is 9.47 Å². The lowest BCUT2D eigenvalue weighted by atomic mass is 10.1. The summed E-state index contributed by atoms with van der Waals surface area (Å²) in [7, 11) is 3.13. The van der Waals surface area contributed by atoms with Crippen LogP contribution in [0.4, 0.5) is 40.7 Å². The van der Waals surface area contributed by atoms with Crippen molar-refractivity contribution in [2.45, 2.75) is 12.6 Å². The summed E-state index contributed by atoms with van der Waals surface area (Å²) >= 11 is 0.